The molecule has 154 valence electrons. The molecule has 1 aromatic carbocycles. The molecule has 0 saturated heterocycles. The van der Waals surface area contributed by atoms with Gasteiger partial charge in [-0.15, -0.1) is 24.0 Å². The predicted molar refractivity (Wildman–Crippen MR) is 120 cm³/mol. The number of aliphatic imine (C=N–C) groups is 1. The molecule has 0 atom stereocenters. The molecule has 0 radical (unpaired) electrons. The fourth-order valence-corrected chi connectivity index (χ4v) is 2.48. The monoisotopic (exact) mass is 492 g/mol. The van der Waals surface area contributed by atoms with E-state index in [0.29, 0.717) is 25.6 Å². The van der Waals surface area contributed by atoms with E-state index >= 15 is 0 Å². The highest BCUT2D eigenvalue weighted by Crippen LogP contribution is 2.25. The van der Waals surface area contributed by atoms with E-state index in [1.54, 1.807) is 21.3 Å². The molecule has 1 rings (SSSR count). The van der Waals surface area contributed by atoms with Crippen molar-refractivity contribution in [3.63, 3.8) is 0 Å². The lowest BCUT2D eigenvalue weighted by Gasteiger charge is -2.28. The Balaban J connectivity index is 0.00000676. The molecule has 1 aromatic rings. The van der Waals surface area contributed by atoms with Crippen molar-refractivity contribution in [3.8, 4) is 11.5 Å². The van der Waals surface area contributed by atoms with Gasteiger partial charge in [0.1, 0.15) is 11.5 Å². The highest BCUT2D eigenvalue weighted by molar-refractivity contribution is 14.0. The third kappa shape index (κ3) is 7.43. The van der Waals surface area contributed by atoms with E-state index in [-0.39, 0.29) is 29.9 Å². The van der Waals surface area contributed by atoms with Gasteiger partial charge in [0.15, 0.2) is 5.96 Å². The molecule has 0 saturated carbocycles. The van der Waals surface area contributed by atoms with Crippen molar-refractivity contribution in [1.82, 2.24) is 15.5 Å². The van der Waals surface area contributed by atoms with E-state index in [4.69, 9.17) is 9.47 Å². The Morgan fingerprint density at radius 3 is 2.41 bits per heavy atom. The van der Waals surface area contributed by atoms with Gasteiger partial charge in [-0.25, -0.2) is 0 Å². The molecule has 0 heterocycles. The van der Waals surface area contributed by atoms with Crippen molar-refractivity contribution in [2.45, 2.75) is 27.3 Å². The Hall–Kier alpha value is -1.71. The largest absolute Gasteiger partial charge is 0.497 e. The van der Waals surface area contributed by atoms with E-state index < -0.39 is 5.41 Å². The van der Waals surface area contributed by atoms with Crippen LogP contribution >= 0.6 is 24.0 Å². The molecule has 0 aliphatic rings. The summed E-state index contributed by atoms with van der Waals surface area (Å²) < 4.78 is 10.7. The number of carbonyl (C=O) groups is 1. The quantitative estimate of drug-likeness (QED) is 0.332. The highest BCUT2D eigenvalue weighted by atomic mass is 127. The first-order valence-electron chi connectivity index (χ1n) is 8.70. The van der Waals surface area contributed by atoms with Crippen LogP contribution in [0.5, 0.6) is 11.5 Å². The van der Waals surface area contributed by atoms with Gasteiger partial charge in [-0.3, -0.25) is 9.79 Å². The first kappa shape index (κ1) is 25.3. The maximum absolute atomic E-state index is 12.1. The van der Waals surface area contributed by atoms with Crippen molar-refractivity contribution in [1.29, 1.82) is 0 Å². The second kappa shape index (κ2) is 11.9. The molecule has 0 aliphatic carbocycles. The van der Waals surface area contributed by atoms with Crippen LogP contribution in [0.15, 0.2) is 23.2 Å². The zero-order chi connectivity index (χ0) is 19.7. The third-order valence-electron chi connectivity index (χ3n) is 4.12. The van der Waals surface area contributed by atoms with Crippen molar-refractivity contribution in [2.75, 3.05) is 41.4 Å². The van der Waals surface area contributed by atoms with Crippen LogP contribution in [0.4, 0.5) is 0 Å². The van der Waals surface area contributed by atoms with Crippen LogP contribution in [0.25, 0.3) is 0 Å². The number of rotatable bonds is 8. The summed E-state index contributed by atoms with van der Waals surface area (Å²) in [6, 6.07) is 5.73. The summed E-state index contributed by atoms with van der Waals surface area (Å²) >= 11 is 0. The predicted octanol–water partition coefficient (Wildman–Crippen LogP) is 2.49. The molecule has 1 amide bonds. The number of guanidine groups is 1. The van der Waals surface area contributed by atoms with E-state index in [9.17, 15) is 4.79 Å². The van der Waals surface area contributed by atoms with E-state index in [1.807, 2.05) is 50.9 Å². The molecule has 0 fully saturated rings. The second-order valence-electron chi connectivity index (χ2n) is 6.68. The maximum Gasteiger partial charge on any atom is 0.227 e. The minimum atomic E-state index is -0.537. The van der Waals surface area contributed by atoms with Gasteiger partial charge in [-0.05, 0) is 32.9 Å². The van der Waals surface area contributed by atoms with Gasteiger partial charge >= 0.3 is 0 Å². The zero-order valence-corrected chi connectivity index (χ0v) is 19.7. The van der Waals surface area contributed by atoms with Crippen LogP contribution in [0.1, 0.15) is 26.3 Å². The molecule has 0 bridgehead atoms. The third-order valence-corrected chi connectivity index (χ3v) is 4.12. The second-order valence-corrected chi connectivity index (χ2v) is 6.68. The van der Waals surface area contributed by atoms with Crippen molar-refractivity contribution in [3.05, 3.63) is 23.8 Å². The van der Waals surface area contributed by atoms with Crippen molar-refractivity contribution >= 4 is 35.8 Å². The van der Waals surface area contributed by atoms with E-state index in [2.05, 4.69) is 15.6 Å². The van der Waals surface area contributed by atoms with Gasteiger partial charge in [-0.2, -0.15) is 0 Å². The summed E-state index contributed by atoms with van der Waals surface area (Å²) in [6.45, 7) is 7.43. The van der Waals surface area contributed by atoms with Crippen LogP contribution in [-0.2, 0) is 11.3 Å². The van der Waals surface area contributed by atoms with E-state index in [0.717, 1.165) is 17.1 Å². The summed E-state index contributed by atoms with van der Waals surface area (Å²) in [5, 5.41) is 6.14. The van der Waals surface area contributed by atoms with Crippen LogP contribution in [0.3, 0.4) is 0 Å². The molecule has 7 nitrogen and oxygen atoms in total. The molecule has 0 aromatic heterocycles. The fourth-order valence-electron chi connectivity index (χ4n) is 2.48. The molecule has 0 unspecified atom stereocenters. The van der Waals surface area contributed by atoms with Crippen LogP contribution in [0.2, 0.25) is 0 Å². The molecule has 0 spiro atoms. The number of nitrogens with one attached hydrogen (secondary N) is 2. The van der Waals surface area contributed by atoms with Crippen LogP contribution in [0, 0.1) is 5.41 Å². The molecule has 2 N–H and O–H groups in total. The molecular weight excluding hydrogens is 459 g/mol. The Morgan fingerprint density at radius 2 is 1.89 bits per heavy atom. The Labute approximate surface area is 179 Å². The number of halogens is 1. The fraction of sp³-hybridized carbons (Fsp3) is 0.579. The molecule has 27 heavy (non-hydrogen) atoms. The van der Waals surface area contributed by atoms with E-state index in [1.165, 1.54) is 0 Å². The number of methoxy groups -OCH3 is 2. The Kier molecular flexibility index (Phi) is 11.1. The average molecular weight is 492 g/mol. The number of carbonyl (C=O) groups excluding carboxylic acids is 1. The summed E-state index contributed by atoms with van der Waals surface area (Å²) in [4.78, 5) is 18.4. The summed E-state index contributed by atoms with van der Waals surface area (Å²) in [6.07, 6.45) is 0. The maximum atomic E-state index is 12.1. The lowest BCUT2D eigenvalue weighted by Crippen LogP contribution is -2.48. The van der Waals surface area contributed by atoms with Gasteiger partial charge in [-0.1, -0.05) is 0 Å². The summed E-state index contributed by atoms with van der Waals surface area (Å²) in [5.74, 6) is 2.23. The first-order valence-corrected chi connectivity index (χ1v) is 8.70. The minimum Gasteiger partial charge on any atom is -0.497 e. The minimum absolute atomic E-state index is 0. The number of hydrogen-bond acceptors (Lipinski definition) is 4. The normalized spacial score (nSPS) is 11.3. The number of hydrogen-bond donors (Lipinski definition) is 2. The summed E-state index contributed by atoms with van der Waals surface area (Å²) in [5.41, 5.74) is 0.478. The first-order chi connectivity index (χ1) is 12.3. The molecule has 0 aliphatic heterocycles. The Morgan fingerprint density at radius 1 is 1.22 bits per heavy atom. The Bertz CT molecular complexity index is 635. The smallest absolute Gasteiger partial charge is 0.227 e. The lowest BCUT2D eigenvalue weighted by molar-refractivity contribution is -0.128. The zero-order valence-electron chi connectivity index (χ0n) is 17.4. The highest BCUT2D eigenvalue weighted by Gasteiger charge is 2.27. The lowest BCUT2D eigenvalue weighted by atomic mass is 9.92. The molecule has 8 heteroatoms. The van der Waals surface area contributed by atoms with Crippen molar-refractivity contribution < 1.29 is 14.3 Å². The summed E-state index contributed by atoms with van der Waals surface area (Å²) in [7, 11) is 6.93. The van der Waals surface area contributed by atoms with Crippen LogP contribution in [-0.4, -0.2) is 58.2 Å². The molecular formula is C19H33IN4O3. The standard InChI is InChI=1S/C19H32N4O3.HI/c1-8-21-17(24)19(2,3)13-22-18(20-4)23(5)12-14-9-10-15(25-6)11-16(14)26-7;/h9-11H,8,12-13H2,1-7H3,(H,20,22)(H,21,24);1H. The number of amides is 1. The van der Waals surface area contributed by atoms with Gasteiger partial charge in [0, 0.05) is 45.4 Å². The van der Waals surface area contributed by atoms with Crippen molar-refractivity contribution in [2.24, 2.45) is 10.4 Å². The number of ether oxygens (including phenoxy) is 2. The van der Waals surface area contributed by atoms with Gasteiger partial charge < -0.3 is 25.0 Å². The average Bonchev–Trinajstić information content (AvgIpc) is 2.62. The number of nitrogens with zero attached hydrogens (tertiary/aromatic N) is 2. The SMILES string of the molecule is CCNC(=O)C(C)(C)CNC(=NC)N(C)Cc1ccc(OC)cc1OC.I. The van der Waals surface area contributed by atoms with Gasteiger partial charge in [0.2, 0.25) is 5.91 Å². The van der Waals surface area contributed by atoms with Gasteiger partial charge in [0.25, 0.3) is 0 Å². The number of benzene rings is 1. The topological polar surface area (TPSA) is 75.2 Å². The van der Waals surface area contributed by atoms with Gasteiger partial charge in [0.05, 0.1) is 19.6 Å². The van der Waals surface area contributed by atoms with Crippen LogP contribution < -0.4 is 20.1 Å².